The SMILES string of the molecule is CC(NC(=O)c1ccncc1F)c1ccc(S(=O)(=O)Cl)s1. The van der Waals surface area contributed by atoms with Crippen LogP contribution in [0, 0.1) is 5.82 Å². The van der Waals surface area contributed by atoms with Gasteiger partial charge >= 0.3 is 0 Å². The fourth-order valence-corrected chi connectivity index (χ4v) is 3.70. The van der Waals surface area contributed by atoms with Crippen molar-refractivity contribution in [1.29, 1.82) is 0 Å². The first kappa shape index (κ1) is 15.9. The Bertz CT molecular complexity index is 776. The average Bonchev–Trinajstić information content (AvgIpc) is 2.88. The van der Waals surface area contributed by atoms with Crippen LogP contribution in [0.25, 0.3) is 0 Å². The van der Waals surface area contributed by atoms with Gasteiger partial charge in [0.05, 0.1) is 17.8 Å². The maximum absolute atomic E-state index is 13.4. The van der Waals surface area contributed by atoms with Crippen LogP contribution in [0.1, 0.15) is 28.2 Å². The molecule has 0 saturated heterocycles. The van der Waals surface area contributed by atoms with Gasteiger partial charge in [-0.3, -0.25) is 9.78 Å². The molecule has 0 saturated carbocycles. The Hall–Kier alpha value is -1.51. The molecule has 0 aliphatic heterocycles. The van der Waals surface area contributed by atoms with Gasteiger partial charge in [0.15, 0.2) is 5.82 Å². The second kappa shape index (κ2) is 6.08. The van der Waals surface area contributed by atoms with Crippen molar-refractivity contribution in [1.82, 2.24) is 10.3 Å². The molecule has 2 aromatic heterocycles. The monoisotopic (exact) mass is 348 g/mol. The molecule has 1 amide bonds. The van der Waals surface area contributed by atoms with Gasteiger partial charge in [0.2, 0.25) is 0 Å². The van der Waals surface area contributed by atoms with Crippen LogP contribution < -0.4 is 5.32 Å². The minimum atomic E-state index is -3.79. The number of carbonyl (C=O) groups is 1. The van der Waals surface area contributed by atoms with E-state index in [2.05, 4.69) is 10.3 Å². The van der Waals surface area contributed by atoms with Gasteiger partial charge < -0.3 is 5.32 Å². The number of thiophene rings is 1. The number of carbonyl (C=O) groups excluding carboxylic acids is 1. The van der Waals surface area contributed by atoms with Crippen LogP contribution in [0.2, 0.25) is 0 Å². The minimum Gasteiger partial charge on any atom is -0.345 e. The van der Waals surface area contributed by atoms with E-state index in [1.54, 1.807) is 13.0 Å². The molecular weight excluding hydrogens is 339 g/mol. The molecule has 2 aromatic rings. The summed E-state index contributed by atoms with van der Waals surface area (Å²) in [5.41, 5.74) is -0.126. The molecule has 1 N–H and O–H groups in total. The fraction of sp³-hybridized carbons (Fsp3) is 0.167. The molecule has 9 heteroatoms. The third-order valence-electron chi connectivity index (χ3n) is 2.63. The second-order valence-corrected chi connectivity index (χ2v) is 8.05. The summed E-state index contributed by atoms with van der Waals surface area (Å²) in [5.74, 6) is -1.33. The van der Waals surface area contributed by atoms with Gasteiger partial charge in [0.25, 0.3) is 15.0 Å². The molecule has 0 radical (unpaired) electrons. The van der Waals surface area contributed by atoms with Crippen LogP contribution in [-0.2, 0) is 9.05 Å². The molecule has 0 aliphatic rings. The van der Waals surface area contributed by atoms with Crippen molar-refractivity contribution >= 4 is 37.0 Å². The van der Waals surface area contributed by atoms with Crippen LogP contribution in [-0.4, -0.2) is 19.3 Å². The van der Waals surface area contributed by atoms with E-state index >= 15 is 0 Å². The Morgan fingerprint density at radius 3 is 2.71 bits per heavy atom. The maximum atomic E-state index is 13.4. The van der Waals surface area contributed by atoms with E-state index in [4.69, 9.17) is 10.7 Å². The summed E-state index contributed by atoms with van der Waals surface area (Å²) in [6.07, 6.45) is 2.26. The number of hydrogen-bond acceptors (Lipinski definition) is 5. The highest BCUT2D eigenvalue weighted by Crippen LogP contribution is 2.28. The zero-order valence-corrected chi connectivity index (χ0v) is 13.1. The number of halogens is 2. The van der Waals surface area contributed by atoms with Gasteiger partial charge in [-0.15, -0.1) is 11.3 Å². The summed E-state index contributed by atoms with van der Waals surface area (Å²) in [7, 11) is 1.44. The third-order valence-corrected chi connectivity index (χ3v) is 5.99. The first-order valence-corrected chi connectivity index (χ1v) is 8.86. The first-order chi connectivity index (χ1) is 9.79. The second-order valence-electron chi connectivity index (χ2n) is 4.15. The molecular formula is C12H10ClFN2O3S2. The minimum absolute atomic E-state index is 0.00430. The van der Waals surface area contributed by atoms with E-state index in [0.717, 1.165) is 17.5 Å². The lowest BCUT2D eigenvalue weighted by Gasteiger charge is -2.12. The van der Waals surface area contributed by atoms with Crippen molar-refractivity contribution < 1.29 is 17.6 Å². The summed E-state index contributed by atoms with van der Waals surface area (Å²) >= 11 is 0.949. The molecule has 0 bridgehead atoms. The van der Waals surface area contributed by atoms with Gasteiger partial charge in [-0.2, -0.15) is 0 Å². The van der Waals surface area contributed by atoms with E-state index < -0.39 is 26.8 Å². The molecule has 0 fully saturated rings. The normalized spacial score (nSPS) is 12.9. The summed E-state index contributed by atoms with van der Waals surface area (Å²) in [6.45, 7) is 1.66. The predicted octanol–water partition coefficient (Wildman–Crippen LogP) is 2.70. The molecule has 5 nitrogen and oxygen atoms in total. The first-order valence-electron chi connectivity index (χ1n) is 5.74. The van der Waals surface area contributed by atoms with Crippen molar-refractivity contribution in [2.24, 2.45) is 0 Å². The van der Waals surface area contributed by atoms with Crippen molar-refractivity contribution in [2.45, 2.75) is 17.2 Å². The summed E-state index contributed by atoms with van der Waals surface area (Å²) in [5, 5.41) is 2.58. The van der Waals surface area contributed by atoms with Crippen LogP contribution in [0.3, 0.4) is 0 Å². The standard InChI is InChI=1S/C12H10ClFN2O3S2/c1-7(10-2-3-11(20-10)21(13,18)19)16-12(17)8-4-5-15-6-9(8)14/h2-7H,1H3,(H,16,17). The van der Waals surface area contributed by atoms with E-state index in [9.17, 15) is 17.6 Å². The zero-order chi connectivity index (χ0) is 15.6. The van der Waals surface area contributed by atoms with Gasteiger partial charge in [0.1, 0.15) is 4.21 Å². The van der Waals surface area contributed by atoms with Crippen LogP contribution in [0.5, 0.6) is 0 Å². The quantitative estimate of drug-likeness (QED) is 0.862. The molecule has 2 rings (SSSR count). The van der Waals surface area contributed by atoms with E-state index in [1.807, 2.05) is 0 Å². The van der Waals surface area contributed by atoms with E-state index in [-0.39, 0.29) is 9.77 Å². The Morgan fingerprint density at radius 1 is 1.43 bits per heavy atom. The predicted molar refractivity (Wildman–Crippen MR) is 77.4 cm³/mol. The Morgan fingerprint density at radius 2 is 2.14 bits per heavy atom. The highest BCUT2D eigenvalue weighted by atomic mass is 35.7. The van der Waals surface area contributed by atoms with Crippen LogP contribution >= 0.6 is 22.0 Å². The Kier molecular flexibility index (Phi) is 4.60. The highest BCUT2D eigenvalue weighted by Gasteiger charge is 2.19. The van der Waals surface area contributed by atoms with Crippen molar-refractivity contribution in [3.05, 3.63) is 46.9 Å². The number of aromatic nitrogens is 1. The molecule has 1 atom stereocenters. The summed E-state index contributed by atoms with van der Waals surface area (Å²) in [6, 6.07) is 3.69. The number of pyridine rings is 1. The molecule has 112 valence electrons. The molecule has 0 aliphatic carbocycles. The largest absolute Gasteiger partial charge is 0.345 e. The molecule has 2 heterocycles. The lowest BCUT2D eigenvalue weighted by Crippen LogP contribution is -2.27. The number of nitrogens with one attached hydrogen (secondary N) is 1. The van der Waals surface area contributed by atoms with Crippen molar-refractivity contribution in [3.8, 4) is 0 Å². The molecule has 0 spiro atoms. The van der Waals surface area contributed by atoms with Gasteiger partial charge in [-0.05, 0) is 25.1 Å². The van der Waals surface area contributed by atoms with Crippen LogP contribution in [0.4, 0.5) is 4.39 Å². The van der Waals surface area contributed by atoms with Crippen LogP contribution in [0.15, 0.2) is 34.8 Å². The number of nitrogens with zero attached hydrogens (tertiary/aromatic N) is 1. The number of hydrogen-bond donors (Lipinski definition) is 1. The van der Waals surface area contributed by atoms with Crippen molar-refractivity contribution in [3.63, 3.8) is 0 Å². The number of rotatable bonds is 4. The van der Waals surface area contributed by atoms with Gasteiger partial charge in [0, 0.05) is 21.8 Å². The lowest BCUT2D eigenvalue weighted by molar-refractivity contribution is 0.0936. The van der Waals surface area contributed by atoms with E-state index in [0.29, 0.717) is 4.88 Å². The van der Waals surface area contributed by atoms with E-state index in [1.165, 1.54) is 18.3 Å². The lowest BCUT2D eigenvalue weighted by atomic mass is 10.2. The smallest absolute Gasteiger partial charge is 0.270 e. The topological polar surface area (TPSA) is 76.1 Å². The van der Waals surface area contributed by atoms with Crippen molar-refractivity contribution in [2.75, 3.05) is 0 Å². The zero-order valence-electron chi connectivity index (χ0n) is 10.7. The van der Waals surface area contributed by atoms with Gasteiger partial charge in [-0.1, -0.05) is 0 Å². The molecule has 1 unspecified atom stereocenters. The summed E-state index contributed by atoms with van der Waals surface area (Å²) in [4.78, 5) is 16.1. The summed E-state index contributed by atoms with van der Waals surface area (Å²) < 4.78 is 35.8. The molecule has 0 aromatic carbocycles. The van der Waals surface area contributed by atoms with Gasteiger partial charge in [-0.25, -0.2) is 12.8 Å². The average molecular weight is 349 g/mol. The highest BCUT2D eigenvalue weighted by molar-refractivity contribution is 8.15. The molecule has 21 heavy (non-hydrogen) atoms. The third kappa shape index (κ3) is 3.78. The number of amides is 1. The maximum Gasteiger partial charge on any atom is 0.270 e. The Balaban J connectivity index is 2.15. The fourth-order valence-electron chi connectivity index (χ4n) is 1.60. The Labute approximate surface area is 129 Å².